The summed E-state index contributed by atoms with van der Waals surface area (Å²) in [5.41, 5.74) is 5.71. The molecule has 6 rings (SSSR count). The summed E-state index contributed by atoms with van der Waals surface area (Å²) >= 11 is 1.71. The lowest BCUT2D eigenvalue weighted by atomic mass is 9.82. The largest absolute Gasteiger partial charge is 0.459 e. The molecular formula is C31H30N2OS. The molecule has 0 amide bonds. The van der Waals surface area contributed by atoms with Crippen LogP contribution in [0, 0.1) is 12.8 Å². The molecule has 0 N–H and O–H groups in total. The summed E-state index contributed by atoms with van der Waals surface area (Å²) in [7, 11) is 0. The summed E-state index contributed by atoms with van der Waals surface area (Å²) in [5, 5.41) is 6.03. The number of fused-ring (bicyclic) bond motifs is 6. The van der Waals surface area contributed by atoms with Crippen LogP contribution in [0.5, 0.6) is 0 Å². The highest BCUT2D eigenvalue weighted by Crippen LogP contribution is 2.44. The van der Waals surface area contributed by atoms with Crippen molar-refractivity contribution in [3.63, 3.8) is 0 Å². The molecule has 0 saturated heterocycles. The predicted molar refractivity (Wildman–Crippen MR) is 150 cm³/mol. The lowest BCUT2D eigenvalue weighted by molar-refractivity contribution is 0.498. The van der Waals surface area contributed by atoms with Crippen molar-refractivity contribution in [3.05, 3.63) is 71.7 Å². The Balaban J connectivity index is 1.66. The van der Waals surface area contributed by atoms with E-state index in [0.717, 1.165) is 43.9 Å². The number of aryl methyl sites for hydroxylation is 1. The van der Waals surface area contributed by atoms with Gasteiger partial charge in [0, 0.05) is 28.1 Å². The third-order valence-electron chi connectivity index (χ3n) is 6.98. The van der Waals surface area contributed by atoms with Crippen molar-refractivity contribution in [3.8, 4) is 11.3 Å². The van der Waals surface area contributed by atoms with Crippen molar-refractivity contribution in [2.75, 3.05) is 0 Å². The van der Waals surface area contributed by atoms with Gasteiger partial charge in [-0.05, 0) is 52.3 Å². The van der Waals surface area contributed by atoms with E-state index in [2.05, 4.69) is 95.1 Å². The Labute approximate surface area is 209 Å². The molecule has 3 heterocycles. The van der Waals surface area contributed by atoms with Crippen molar-refractivity contribution in [2.45, 2.75) is 53.4 Å². The van der Waals surface area contributed by atoms with Gasteiger partial charge in [0.25, 0.3) is 0 Å². The lowest BCUT2D eigenvalue weighted by Gasteiger charge is -2.22. The van der Waals surface area contributed by atoms with Crippen molar-refractivity contribution in [1.29, 1.82) is 0 Å². The fourth-order valence-electron chi connectivity index (χ4n) is 5.25. The average molecular weight is 479 g/mol. The number of aromatic nitrogens is 2. The fourth-order valence-corrected chi connectivity index (χ4v) is 6.37. The molecule has 0 radical (unpaired) electrons. The number of benzene rings is 3. The maximum absolute atomic E-state index is 6.48. The molecule has 35 heavy (non-hydrogen) atoms. The summed E-state index contributed by atoms with van der Waals surface area (Å²) < 4.78 is 7.64. The van der Waals surface area contributed by atoms with Gasteiger partial charge in [-0.1, -0.05) is 71.0 Å². The van der Waals surface area contributed by atoms with E-state index in [-0.39, 0.29) is 5.41 Å². The van der Waals surface area contributed by atoms with Gasteiger partial charge < -0.3 is 4.42 Å². The highest BCUT2D eigenvalue weighted by molar-refractivity contribution is 7.26. The van der Waals surface area contributed by atoms with Crippen LogP contribution in [0.15, 0.2) is 59.3 Å². The number of nitrogens with zero attached hydrogens (tertiary/aromatic N) is 2. The Hall–Kier alpha value is -3.24. The number of hydrogen-bond donors (Lipinski definition) is 0. The monoisotopic (exact) mass is 478 g/mol. The third-order valence-corrected chi connectivity index (χ3v) is 8.09. The highest BCUT2D eigenvalue weighted by Gasteiger charge is 2.22. The van der Waals surface area contributed by atoms with Crippen molar-refractivity contribution in [2.24, 2.45) is 5.92 Å². The second kappa shape index (κ2) is 7.89. The summed E-state index contributed by atoms with van der Waals surface area (Å²) in [6.07, 6.45) is 2.65. The number of hydrogen-bond acceptors (Lipinski definition) is 4. The van der Waals surface area contributed by atoms with Crippen LogP contribution in [0.25, 0.3) is 53.3 Å². The first-order chi connectivity index (χ1) is 16.7. The first-order valence-corrected chi connectivity index (χ1v) is 13.2. The molecule has 0 fully saturated rings. The molecule has 4 heteroatoms. The molecule has 0 spiro atoms. The highest BCUT2D eigenvalue weighted by atomic mass is 32.1. The minimum Gasteiger partial charge on any atom is -0.459 e. The summed E-state index contributed by atoms with van der Waals surface area (Å²) in [6.45, 7) is 13.5. The SMILES string of the molecule is Cc1c(CC(C)C)oc2c1ccc1c2sc2ncnc(-c3cc(C(C)(C)C)c4ccccc4c3)c21. The standard InChI is InChI=1S/C31H30N2OS/c1-17(2)13-25-18(3)21-11-12-23-26-27(32-16-33-30(26)35-29(23)28(21)34-25)20-14-19-9-7-8-10-22(19)24(15-20)31(4,5)6/h7-12,14-17H,13H2,1-6H3. The van der Waals surface area contributed by atoms with E-state index in [1.165, 1.54) is 32.7 Å². The smallest absolute Gasteiger partial charge is 0.152 e. The van der Waals surface area contributed by atoms with Gasteiger partial charge >= 0.3 is 0 Å². The van der Waals surface area contributed by atoms with Crippen molar-refractivity contribution in [1.82, 2.24) is 9.97 Å². The molecule has 0 aliphatic heterocycles. The van der Waals surface area contributed by atoms with Gasteiger partial charge in [-0.25, -0.2) is 9.97 Å². The fraction of sp³-hybridized carbons (Fsp3) is 0.290. The van der Waals surface area contributed by atoms with Crippen LogP contribution in [0.4, 0.5) is 0 Å². The third kappa shape index (κ3) is 3.54. The molecule has 0 atom stereocenters. The number of rotatable bonds is 3. The van der Waals surface area contributed by atoms with Crippen molar-refractivity contribution >= 4 is 53.4 Å². The zero-order valence-electron chi connectivity index (χ0n) is 21.2. The Morgan fingerprint density at radius 3 is 2.49 bits per heavy atom. The minimum atomic E-state index is 0.0170. The zero-order valence-corrected chi connectivity index (χ0v) is 22.0. The molecule has 0 unspecified atom stereocenters. The maximum atomic E-state index is 6.48. The van der Waals surface area contributed by atoms with Crippen LogP contribution in [0.3, 0.4) is 0 Å². The van der Waals surface area contributed by atoms with Gasteiger partial charge in [-0.3, -0.25) is 0 Å². The van der Waals surface area contributed by atoms with Gasteiger partial charge in [0.05, 0.1) is 10.4 Å². The summed E-state index contributed by atoms with van der Waals surface area (Å²) in [4.78, 5) is 10.5. The van der Waals surface area contributed by atoms with E-state index in [9.17, 15) is 0 Å². The van der Waals surface area contributed by atoms with Crippen LogP contribution in [0.1, 0.15) is 51.5 Å². The van der Waals surface area contributed by atoms with Gasteiger partial charge in [0.15, 0.2) is 5.58 Å². The summed E-state index contributed by atoms with van der Waals surface area (Å²) in [6, 6.07) is 17.7. The molecule has 0 bridgehead atoms. The Morgan fingerprint density at radius 2 is 1.71 bits per heavy atom. The van der Waals surface area contributed by atoms with E-state index in [1.807, 2.05) is 0 Å². The van der Waals surface area contributed by atoms with Crippen LogP contribution >= 0.6 is 11.3 Å². The van der Waals surface area contributed by atoms with E-state index in [0.29, 0.717) is 5.92 Å². The second-order valence-corrected chi connectivity index (χ2v) is 12.1. The summed E-state index contributed by atoms with van der Waals surface area (Å²) in [5.74, 6) is 1.64. The first kappa shape index (κ1) is 22.2. The molecule has 3 aromatic carbocycles. The predicted octanol–water partition coefficient (Wildman–Crippen LogP) is 9.22. The normalized spacial score (nSPS) is 12.7. The van der Waals surface area contributed by atoms with E-state index < -0.39 is 0 Å². The van der Waals surface area contributed by atoms with E-state index >= 15 is 0 Å². The van der Waals surface area contributed by atoms with Gasteiger partial charge in [0.1, 0.15) is 16.9 Å². The first-order valence-electron chi connectivity index (χ1n) is 12.3. The minimum absolute atomic E-state index is 0.0170. The molecule has 6 aromatic rings. The number of thiophene rings is 1. The second-order valence-electron chi connectivity index (χ2n) is 11.1. The Morgan fingerprint density at radius 1 is 0.943 bits per heavy atom. The maximum Gasteiger partial charge on any atom is 0.152 e. The molecule has 3 aromatic heterocycles. The van der Waals surface area contributed by atoms with Gasteiger partial charge in [-0.2, -0.15) is 0 Å². The molecule has 0 saturated carbocycles. The lowest BCUT2D eigenvalue weighted by Crippen LogP contribution is -2.12. The topological polar surface area (TPSA) is 38.9 Å². The Kier molecular flexibility index (Phi) is 5.01. The Bertz CT molecular complexity index is 1750. The molecule has 0 aliphatic carbocycles. The number of furan rings is 1. The average Bonchev–Trinajstić information content (AvgIpc) is 3.35. The van der Waals surface area contributed by atoms with Gasteiger partial charge in [-0.15, -0.1) is 11.3 Å². The zero-order chi connectivity index (χ0) is 24.5. The van der Waals surface area contributed by atoms with Crippen LogP contribution in [-0.4, -0.2) is 9.97 Å². The van der Waals surface area contributed by atoms with E-state index in [1.54, 1.807) is 17.7 Å². The van der Waals surface area contributed by atoms with Crippen molar-refractivity contribution < 1.29 is 4.42 Å². The van der Waals surface area contributed by atoms with Crippen LogP contribution < -0.4 is 0 Å². The molecule has 0 aliphatic rings. The van der Waals surface area contributed by atoms with E-state index in [4.69, 9.17) is 9.40 Å². The van der Waals surface area contributed by atoms with Gasteiger partial charge in [0.2, 0.25) is 0 Å². The molecular weight excluding hydrogens is 448 g/mol. The van der Waals surface area contributed by atoms with Crippen LogP contribution in [0.2, 0.25) is 0 Å². The molecule has 176 valence electrons. The quantitative estimate of drug-likeness (QED) is 0.254. The molecule has 3 nitrogen and oxygen atoms in total. The van der Waals surface area contributed by atoms with Crippen LogP contribution in [-0.2, 0) is 11.8 Å².